The number of carbonyl (C=O) groups excluding carboxylic acids is 2. The van der Waals surface area contributed by atoms with Crippen LogP contribution in [-0.4, -0.2) is 34.7 Å². The highest BCUT2D eigenvalue weighted by atomic mass is 16.3. The smallest absolute Gasteiger partial charge is 0.244 e. The third-order valence-electron chi connectivity index (χ3n) is 4.63. The third-order valence-corrected chi connectivity index (χ3v) is 4.63. The van der Waals surface area contributed by atoms with E-state index in [1.807, 2.05) is 66.9 Å². The van der Waals surface area contributed by atoms with Gasteiger partial charge in [0.05, 0.1) is 5.69 Å². The second kappa shape index (κ2) is 9.13. The van der Waals surface area contributed by atoms with E-state index < -0.39 is 0 Å². The number of rotatable bonds is 7. The molecule has 0 aliphatic rings. The van der Waals surface area contributed by atoms with Gasteiger partial charge in [0.2, 0.25) is 11.8 Å². The fraction of sp³-hybridized carbons (Fsp3) is 0.125. The Bertz CT molecular complexity index is 1210. The molecule has 7 nitrogen and oxygen atoms in total. The fourth-order valence-electron chi connectivity index (χ4n) is 3.16. The second-order valence-corrected chi connectivity index (χ2v) is 6.97. The van der Waals surface area contributed by atoms with E-state index >= 15 is 0 Å². The van der Waals surface area contributed by atoms with E-state index in [1.54, 1.807) is 10.8 Å². The quantitative estimate of drug-likeness (QED) is 0.358. The number of furan rings is 1. The van der Waals surface area contributed by atoms with Crippen LogP contribution in [0.2, 0.25) is 0 Å². The maximum Gasteiger partial charge on any atom is 0.244 e. The van der Waals surface area contributed by atoms with Gasteiger partial charge in [0.15, 0.2) is 5.76 Å². The third kappa shape index (κ3) is 4.90. The van der Waals surface area contributed by atoms with Crippen molar-refractivity contribution >= 4 is 28.9 Å². The number of carbonyl (C=O) groups is 2. The van der Waals surface area contributed by atoms with Gasteiger partial charge in [0.25, 0.3) is 0 Å². The maximum absolute atomic E-state index is 12.2. The van der Waals surface area contributed by atoms with Crippen molar-refractivity contribution in [2.24, 2.45) is 0 Å². The van der Waals surface area contributed by atoms with Gasteiger partial charge < -0.3 is 15.1 Å². The number of nitrogens with zero attached hydrogens (tertiary/aromatic N) is 2. The Kier molecular flexibility index (Phi) is 5.93. The molecule has 0 radical (unpaired) electrons. The first kappa shape index (κ1) is 20.2. The van der Waals surface area contributed by atoms with Crippen LogP contribution in [0.4, 0.5) is 0 Å². The molecule has 0 unspecified atom stereocenters. The summed E-state index contributed by atoms with van der Waals surface area (Å²) in [6, 6.07) is 19.4. The van der Waals surface area contributed by atoms with Crippen molar-refractivity contribution in [1.29, 1.82) is 0 Å². The number of hydrogen-bond acceptors (Lipinski definition) is 4. The molecule has 0 aliphatic carbocycles. The molecule has 0 atom stereocenters. The van der Waals surface area contributed by atoms with Gasteiger partial charge in [-0.25, -0.2) is 4.68 Å². The van der Waals surface area contributed by atoms with Crippen LogP contribution >= 0.6 is 0 Å². The van der Waals surface area contributed by atoms with Gasteiger partial charge in [-0.2, -0.15) is 5.10 Å². The lowest BCUT2D eigenvalue weighted by molar-refractivity contribution is -0.119. The lowest BCUT2D eigenvalue weighted by Gasteiger charge is -2.02. The Hall–Kier alpha value is -4.13. The van der Waals surface area contributed by atoms with Gasteiger partial charge in [-0.15, -0.1) is 0 Å². The molecule has 2 N–H and O–H groups in total. The van der Waals surface area contributed by atoms with E-state index in [4.69, 9.17) is 9.52 Å². The van der Waals surface area contributed by atoms with Crippen LogP contribution in [0.15, 0.2) is 77.4 Å². The predicted molar refractivity (Wildman–Crippen MR) is 119 cm³/mol. The average Bonchev–Trinajstić information content (AvgIpc) is 3.40. The van der Waals surface area contributed by atoms with Crippen LogP contribution in [0.25, 0.3) is 34.2 Å². The van der Waals surface area contributed by atoms with Crippen LogP contribution in [0, 0.1) is 0 Å². The highest BCUT2D eigenvalue weighted by molar-refractivity contribution is 5.93. The van der Waals surface area contributed by atoms with E-state index in [0.717, 1.165) is 22.2 Å². The summed E-state index contributed by atoms with van der Waals surface area (Å²) in [5.74, 6) is 0.239. The van der Waals surface area contributed by atoms with E-state index in [0.29, 0.717) is 24.5 Å². The number of nitrogens with one attached hydrogen (secondary N) is 2. The molecule has 2 heterocycles. The summed E-state index contributed by atoms with van der Waals surface area (Å²) in [6.07, 6.45) is 5.02. The standard InChI is InChI=1S/C24H22N4O3/c1-17(29)25-13-14-26-23(30)12-11-19-16-28(20-8-3-2-4-9-20)27-24(19)22-15-18-7-5-6-10-21(18)31-22/h2-12,15-16H,13-14H2,1H3,(H,25,29)(H,26,30)/b12-11+. The van der Waals surface area contributed by atoms with Crippen molar-refractivity contribution in [2.45, 2.75) is 6.92 Å². The van der Waals surface area contributed by atoms with Crippen molar-refractivity contribution < 1.29 is 14.0 Å². The number of fused-ring (bicyclic) bond motifs is 1. The van der Waals surface area contributed by atoms with E-state index in [2.05, 4.69) is 10.6 Å². The Morgan fingerprint density at radius 3 is 2.55 bits per heavy atom. The predicted octanol–water partition coefficient (Wildman–Crippen LogP) is 3.55. The van der Waals surface area contributed by atoms with Crippen molar-refractivity contribution in [3.8, 4) is 17.1 Å². The molecule has 2 aromatic heterocycles. The Morgan fingerprint density at radius 1 is 1.03 bits per heavy atom. The number of amides is 2. The summed E-state index contributed by atoms with van der Waals surface area (Å²) < 4.78 is 7.76. The average molecular weight is 414 g/mol. The molecular formula is C24H22N4O3. The summed E-state index contributed by atoms with van der Waals surface area (Å²) in [5.41, 5.74) is 3.07. The lowest BCUT2D eigenvalue weighted by Crippen LogP contribution is -2.32. The zero-order valence-electron chi connectivity index (χ0n) is 17.0. The molecule has 0 saturated heterocycles. The molecule has 4 rings (SSSR count). The van der Waals surface area contributed by atoms with Crippen molar-refractivity contribution in [1.82, 2.24) is 20.4 Å². The summed E-state index contributed by atoms with van der Waals surface area (Å²) in [4.78, 5) is 23.1. The Morgan fingerprint density at radius 2 is 1.77 bits per heavy atom. The highest BCUT2D eigenvalue weighted by Gasteiger charge is 2.15. The first-order valence-electron chi connectivity index (χ1n) is 9.94. The molecule has 0 bridgehead atoms. The van der Waals surface area contributed by atoms with Gasteiger partial charge in [-0.05, 0) is 30.3 Å². The minimum absolute atomic E-state index is 0.131. The van der Waals surface area contributed by atoms with Crippen molar-refractivity contribution in [3.05, 3.63) is 78.5 Å². The fourth-order valence-corrected chi connectivity index (χ4v) is 3.16. The van der Waals surface area contributed by atoms with Gasteiger partial charge >= 0.3 is 0 Å². The molecule has 7 heteroatoms. The monoisotopic (exact) mass is 414 g/mol. The summed E-state index contributed by atoms with van der Waals surface area (Å²) in [6.45, 7) is 2.17. The molecule has 0 aliphatic heterocycles. The van der Waals surface area contributed by atoms with Gasteiger partial charge in [0.1, 0.15) is 11.3 Å². The zero-order valence-corrected chi connectivity index (χ0v) is 17.0. The summed E-state index contributed by atoms with van der Waals surface area (Å²) >= 11 is 0. The first-order valence-corrected chi connectivity index (χ1v) is 9.94. The first-order chi connectivity index (χ1) is 15.1. The van der Waals surface area contributed by atoms with Crippen LogP contribution < -0.4 is 10.6 Å². The number of para-hydroxylation sites is 2. The molecule has 2 amide bonds. The van der Waals surface area contributed by atoms with Crippen LogP contribution in [0.5, 0.6) is 0 Å². The van der Waals surface area contributed by atoms with Crippen molar-refractivity contribution in [3.63, 3.8) is 0 Å². The van der Waals surface area contributed by atoms with E-state index in [-0.39, 0.29) is 11.8 Å². The molecule has 2 aromatic carbocycles. The minimum Gasteiger partial charge on any atom is -0.454 e. The normalized spacial score (nSPS) is 11.1. The van der Waals surface area contributed by atoms with E-state index in [9.17, 15) is 9.59 Å². The lowest BCUT2D eigenvalue weighted by atomic mass is 10.2. The van der Waals surface area contributed by atoms with Crippen LogP contribution in [-0.2, 0) is 9.59 Å². The van der Waals surface area contributed by atoms with Crippen LogP contribution in [0.1, 0.15) is 12.5 Å². The highest BCUT2D eigenvalue weighted by Crippen LogP contribution is 2.30. The number of benzene rings is 2. The molecule has 31 heavy (non-hydrogen) atoms. The SMILES string of the molecule is CC(=O)NCCNC(=O)/C=C/c1cn(-c2ccccc2)nc1-c1cc2ccccc2o1. The summed E-state index contributed by atoms with van der Waals surface area (Å²) in [7, 11) is 0. The van der Waals surface area contributed by atoms with Crippen LogP contribution in [0.3, 0.4) is 0 Å². The minimum atomic E-state index is -0.256. The topological polar surface area (TPSA) is 89.2 Å². The molecule has 0 fully saturated rings. The molecule has 156 valence electrons. The number of hydrogen-bond donors (Lipinski definition) is 2. The number of aromatic nitrogens is 2. The van der Waals surface area contributed by atoms with Gasteiger partial charge in [-0.3, -0.25) is 9.59 Å². The molecule has 4 aromatic rings. The largest absolute Gasteiger partial charge is 0.454 e. The molecule has 0 saturated carbocycles. The zero-order chi connectivity index (χ0) is 21.6. The van der Waals surface area contributed by atoms with E-state index in [1.165, 1.54) is 13.0 Å². The van der Waals surface area contributed by atoms with Crippen molar-refractivity contribution in [2.75, 3.05) is 13.1 Å². The molecular weight excluding hydrogens is 392 g/mol. The maximum atomic E-state index is 12.2. The molecule has 0 spiro atoms. The van der Waals surface area contributed by atoms with Gasteiger partial charge in [-0.1, -0.05) is 36.4 Å². The Balaban J connectivity index is 1.61. The summed E-state index contributed by atoms with van der Waals surface area (Å²) in [5, 5.41) is 11.1. The Labute approximate surface area is 179 Å². The van der Waals surface area contributed by atoms with Gasteiger partial charge in [0, 0.05) is 43.2 Å². The second-order valence-electron chi connectivity index (χ2n) is 6.97.